The Hall–Kier alpha value is -2.66. The van der Waals surface area contributed by atoms with Gasteiger partial charge < -0.3 is 14.8 Å². The Bertz CT molecular complexity index is 1470. The molecule has 0 spiro atoms. The van der Waals surface area contributed by atoms with E-state index in [1.54, 1.807) is 36.4 Å². The van der Waals surface area contributed by atoms with Crippen molar-refractivity contribution in [2.24, 2.45) is 0 Å². The van der Waals surface area contributed by atoms with Gasteiger partial charge in [-0.1, -0.05) is 70.3 Å². The molecule has 0 atom stereocenters. The molecule has 3 amide bonds. The lowest BCUT2D eigenvalue weighted by Gasteiger charge is -2.16. The fourth-order valence-electron chi connectivity index (χ4n) is 3.36. The molecule has 39 heavy (non-hydrogen) atoms. The van der Waals surface area contributed by atoms with Crippen LogP contribution in [0.15, 0.2) is 59.5 Å². The van der Waals surface area contributed by atoms with Gasteiger partial charge in [-0.15, -0.1) is 0 Å². The first kappa shape index (κ1) is 29.3. The standard InChI is InChI=1S/C26H19Cl4N3O4S2/c1-2-36-21-10-15(9-20(30)23(21)37-13-14-3-5-16(27)6-4-14)11-22-24(34)33(26(38)39-22)32-25(35)31-17-7-8-18(28)19(29)12-17/h3-12H,2,13H2,1H3,(H2,31,32,35)/b22-11+. The molecule has 1 aliphatic heterocycles. The lowest BCUT2D eigenvalue weighted by Crippen LogP contribution is -2.46. The number of nitrogens with one attached hydrogen (secondary N) is 2. The number of hydrogen-bond donors (Lipinski definition) is 2. The molecule has 202 valence electrons. The zero-order valence-corrected chi connectivity index (χ0v) is 24.8. The predicted molar refractivity (Wildman–Crippen MR) is 162 cm³/mol. The average Bonchev–Trinajstić information content (AvgIpc) is 3.14. The second-order valence-electron chi connectivity index (χ2n) is 7.89. The van der Waals surface area contributed by atoms with Crippen LogP contribution in [0.2, 0.25) is 20.1 Å². The van der Waals surface area contributed by atoms with Crippen molar-refractivity contribution in [3.8, 4) is 11.5 Å². The van der Waals surface area contributed by atoms with E-state index in [4.69, 9.17) is 68.1 Å². The highest BCUT2D eigenvalue weighted by Crippen LogP contribution is 2.39. The maximum Gasteiger partial charge on any atom is 0.338 e. The first-order valence-electron chi connectivity index (χ1n) is 11.3. The van der Waals surface area contributed by atoms with Gasteiger partial charge in [0.2, 0.25) is 0 Å². The summed E-state index contributed by atoms with van der Waals surface area (Å²) in [5.74, 6) is 0.282. The number of ether oxygens (including phenoxy) is 2. The molecular weight excluding hydrogens is 624 g/mol. The van der Waals surface area contributed by atoms with Crippen molar-refractivity contribution < 1.29 is 19.1 Å². The van der Waals surface area contributed by atoms with Crippen LogP contribution in [0.3, 0.4) is 0 Å². The van der Waals surface area contributed by atoms with Crippen molar-refractivity contribution in [1.29, 1.82) is 0 Å². The molecule has 0 bridgehead atoms. The van der Waals surface area contributed by atoms with Gasteiger partial charge in [-0.05, 0) is 78.8 Å². The smallest absolute Gasteiger partial charge is 0.338 e. The van der Waals surface area contributed by atoms with Gasteiger partial charge in [-0.25, -0.2) is 10.2 Å². The number of thiocarbonyl (C=S) groups is 1. The second-order valence-corrected chi connectivity index (χ2v) is 11.2. The van der Waals surface area contributed by atoms with Gasteiger partial charge in [0.25, 0.3) is 5.91 Å². The highest BCUT2D eigenvalue weighted by atomic mass is 35.5. The van der Waals surface area contributed by atoms with E-state index >= 15 is 0 Å². The zero-order chi connectivity index (χ0) is 28.1. The van der Waals surface area contributed by atoms with E-state index in [0.717, 1.165) is 22.3 Å². The van der Waals surface area contributed by atoms with E-state index in [2.05, 4.69) is 10.7 Å². The molecule has 0 aromatic heterocycles. The van der Waals surface area contributed by atoms with Crippen molar-refractivity contribution in [3.05, 3.63) is 90.7 Å². The molecule has 1 aliphatic rings. The number of carbonyl (C=O) groups excluding carboxylic acids is 2. The van der Waals surface area contributed by atoms with E-state index in [1.165, 1.54) is 12.1 Å². The van der Waals surface area contributed by atoms with E-state index in [9.17, 15) is 9.59 Å². The van der Waals surface area contributed by atoms with E-state index in [0.29, 0.717) is 44.4 Å². The number of carbonyl (C=O) groups is 2. The Kier molecular flexibility index (Phi) is 9.87. The van der Waals surface area contributed by atoms with Gasteiger partial charge in [-0.2, -0.15) is 5.01 Å². The number of amides is 3. The van der Waals surface area contributed by atoms with Crippen molar-refractivity contribution in [3.63, 3.8) is 0 Å². The lowest BCUT2D eigenvalue weighted by atomic mass is 10.1. The van der Waals surface area contributed by atoms with Gasteiger partial charge in [0.15, 0.2) is 15.8 Å². The van der Waals surface area contributed by atoms with Crippen LogP contribution in [0.25, 0.3) is 6.08 Å². The minimum atomic E-state index is -0.685. The number of hydrazine groups is 1. The molecule has 13 heteroatoms. The van der Waals surface area contributed by atoms with Crippen molar-refractivity contribution >= 4 is 98.4 Å². The van der Waals surface area contributed by atoms with Crippen LogP contribution in [-0.4, -0.2) is 27.9 Å². The van der Waals surface area contributed by atoms with Crippen LogP contribution in [0.5, 0.6) is 11.5 Å². The first-order chi connectivity index (χ1) is 18.6. The monoisotopic (exact) mass is 641 g/mol. The fraction of sp³-hybridized carbons (Fsp3) is 0.115. The number of thioether (sulfide) groups is 1. The molecule has 1 fully saturated rings. The summed E-state index contributed by atoms with van der Waals surface area (Å²) in [6, 6.07) is 14.5. The summed E-state index contributed by atoms with van der Waals surface area (Å²) in [6.07, 6.45) is 1.61. The molecule has 1 saturated heterocycles. The maximum absolute atomic E-state index is 13.0. The van der Waals surface area contributed by atoms with Crippen molar-refractivity contribution in [1.82, 2.24) is 10.4 Å². The zero-order valence-electron chi connectivity index (χ0n) is 20.1. The number of rotatable bonds is 8. The van der Waals surface area contributed by atoms with Gasteiger partial charge in [0, 0.05) is 10.7 Å². The van der Waals surface area contributed by atoms with Crippen LogP contribution < -0.4 is 20.2 Å². The van der Waals surface area contributed by atoms with E-state index in [1.807, 2.05) is 19.1 Å². The third-order valence-corrected chi connectivity index (χ3v) is 7.68. The van der Waals surface area contributed by atoms with Crippen molar-refractivity contribution in [2.45, 2.75) is 13.5 Å². The molecule has 0 radical (unpaired) electrons. The van der Waals surface area contributed by atoms with Crippen LogP contribution in [0.1, 0.15) is 18.1 Å². The number of nitrogens with zero attached hydrogens (tertiary/aromatic N) is 1. The number of urea groups is 1. The summed E-state index contributed by atoms with van der Waals surface area (Å²) in [5, 5.41) is 5.10. The van der Waals surface area contributed by atoms with Crippen molar-refractivity contribution in [2.75, 3.05) is 11.9 Å². The highest BCUT2D eigenvalue weighted by Gasteiger charge is 2.34. The molecule has 3 aromatic carbocycles. The lowest BCUT2D eigenvalue weighted by molar-refractivity contribution is -0.123. The van der Waals surface area contributed by atoms with Crippen LogP contribution >= 0.6 is 70.4 Å². The fourth-order valence-corrected chi connectivity index (χ4v) is 5.24. The van der Waals surface area contributed by atoms with Crippen LogP contribution in [0.4, 0.5) is 10.5 Å². The number of benzene rings is 3. The summed E-state index contributed by atoms with van der Waals surface area (Å²) < 4.78 is 11.8. The number of halogens is 4. The molecule has 0 aliphatic carbocycles. The Morgan fingerprint density at radius 1 is 1.00 bits per heavy atom. The number of hydrogen-bond acceptors (Lipinski definition) is 6. The molecule has 3 aromatic rings. The molecule has 0 unspecified atom stereocenters. The normalized spacial score (nSPS) is 14.1. The van der Waals surface area contributed by atoms with Gasteiger partial charge in [0.05, 0.1) is 26.6 Å². The minimum absolute atomic E-state index is 0.148. The highest BCUT2D eigenvalue weighted by molar-refractivity contribution is 8.26. The summed E-state index contributed by atoms with van der Waals surface area (Å²) in [5.41, 5.74) is 4.32. The first-order valence-corrected chi connectivity index (χ1v) is 14.0. The van der Waals surface area contributed by atoms with Gasteiger partial charge >= 0.3 is 6.03 Å². The molecular formula is C26H19Cl4N3O4S2. The van der Waals surface area contributed by atoms with E-state index < -0.39 is 11.9 Å². The molecule has 2 N–H and O–H groups in total. The summed E-state index contributed by atoms with van der Waals surface area (Å²) in [4.78, 5) is 25.8. The summed E-state index contributed by atoms with van der Waals surface area (Å²) in [7, 11) is 0. The number of anilines is 1. The SMILES string of the molecule is CCOc1cc(/C=C2/SC(=S)N(NC(=O)Nc3ccc(Cl)c(Cl)c3)C2=O)cc(Cl)c1OCc1ccc(Cl)cc1. The third kappa shape index (κ3) is 7.51. The Labute approximate surface area is 254 Å². The second kappa shape index (κ2) is 13.1. The largest absolute Gasteiger partial charge is 0.490 e. The Balaban J connectivity index is 1.48. The van der Waals surface area contributed by atoms with Gasteiger partial charge in [-0.3, -0.25) is 4.79 Å². The summed E-state index contributed by atoms with van der Waals surface area (Å²) in [6.45, 7) is 2.46. The third-order valence-electron chi connectivity index (χ3n) is 5.11. The molecule has 0 saturated carbocycles. The Morgan fingerprint density at radius 2 is 1.74 bits per heavy atom. The van der Waals surface area contributed by atoms with Crippen LogP contribution in [0, 0.1) is 0 Å². The Morgan fingerprint density at radius 3 is 2.44 bits per heavy atom. The summed E-state index contributed by atoms with van der Waals surface area (Å²) >= 11 is 30.7. The van der Waals surface area contributed by atoms with Crippen LogP contribution in [-0.2, 0) is 11.4 Å². The minimum Gasteiger partial charge on any atom is -0.490 e. The molecule has 4 rings (SSSR count). The average molecular weight is 643 g/mol. The van der Waals surface area contributed by atoms with Gasteiger partial charge in [0.1, 0.15) is 6.61 Å². The molecule has 7 nitrogen and oxygen atoms in total. The maximum atomic E-state index is 13.0. The molecule has 1 heterocycles. The van der Waals surface area contributed by atoms with E-state index in [-0.39, 0.29) is 20.9 Å². The predicted octanol–water partition coefficient (Wildman–Crippen LogP) is 8.22. The topological polar surface area (TPSA) is 79.9 Å². The quantitative estimate of drug-likeness (QED) is 0.190.